The molecule has 0 saturated heterocycles. The van der Waals surface area contributed by atoms with Gasteiger partial charge in [0.25, 0.3) is 5.69 Å². The summed E-state index contributed by atoms with van der Waals surface area (Å²) in [5.41, 5.74) is 0.615. The summed E-state index contributed by atoms with van der Waals surface area (Å²) in [7, 11) is 0. The van der Waals surface area contributed by atoms with Crippen molar-refractivity contribution in [2.75, 3.05) is 6.61 Å². The monoisotopic (exact) mass is 286 g/mol. The Labute approximate surface area is 117 Å². The Morgan fingerprint density at radius 3 is 2.68 bits per heavy atom. The second kappa shape index (κ2) is 7.43. The van der Waals surface area contributed by atoms with Gasteiger partial charge in [0.1, 0.15) is 0 Å². The Hall–Kier alpha value is -1.17. The van der Waals surface area contributed by atoms with Gasteiger partial charge in [0, 0.05) is 35.8 Å². The van der Waals surface area contributed by atoms with Gasteiger partial charge >= 0.3 is 0 Å². The zero-order valence-corrected chi connectivity index (χ0v) is 11.9. The summed E-state index contributed by atoms with van der Waals surface area (Å²) in [6.45, 7) is 4.57. The summed E-state index contributed by atoms with van der Waals surface area (Å²) in [5, 5.41) is 23.6. The number of rotatable bonds is 7. The fourth-order valence-corrected chi connectivity index (χ4v) is 2.07. The zero-order valence-electron chi connectivity index (χ0n) is 11.1. The molecule has 5 nitrogen and oxygen atoms in total. The standard InChI is InChI=1S/C13H19ClN2O3/c1-9(2)12(5-6-17)15-8-10-3-4-11(14)7-13(10)16(18)19/h3-4,7,9,12,15,17H,5-6,8H2,1-2H3. The minimum Gasteiger partial charge on any atom is -0.396 e. The van der Waals surface area contributed by atoms with Crippen LogP contribution in [-0.4, -0.2) is 22.7 Å². The van der Waals surface area contributed by atoms with Crippen LogP contribution in [0.3, 0.4) is 0 Å². The molecule has 1 unspecified atom stereocenters. The molecule has 6 heteroatoms. The number of hydrogen-bond acceptors (Lipinski definition) is 4. The number of aliphatic hydroxyl groups is 1. The van der Waals surface area contributed by atoms with Crippen molar-refractivity contribution in [3.8, 4) is 0 Å². The van der Waals surface area contributed by atoms with E-state index in [1.807, 2.05) is 13.8 Å². The number of benzene rings is 1. The number of nitrogens with one attached hydrogen (secondary N) is 1. The first-order valence-electron chi connectivity index (χ1n) is 6.22. The van der Waals surface area contributed by atoms with Gasteiger partial charge in [-0.25, -0.2) is 0 Å². The highest BCUT2D eigenvalue weighted by molar-refractivity contribution is 6.30. The highest BCUT2D eigenvalue weighted by Crippen LogP contribution is 2.23. The summed E-state index contributed by atoms with van der Waals surface area (Å²) < 4.78 is 0. The lowest BCUT2D eigenvalue weighted by Crippen LogP contribution is -2.34. The largest absolute Gasteiger partial charge is 0.396 e. The van der Waals surface area contributed by atoms with Crippen LogP contribution in [0, 0.1) is 16.0 Å². The van der Waals surface area contributed by atoms with E-state index < -0.39 is 4.92 Å². The second-order valence-corrected chi connectivity index (χ2v) is 5.21. The van der Waals surface area contributed by atoms with Crippen LogP contribution < -0.4 is 5.32 Å². The van der Waals surface area contributed by atoms with Gasteiger partial charge in [-0.1, -0.05) is 25.4 Å². The van der Waals surface area contributed by atoms with E-state index in [0.29, 0.717) is 29.5 Å². The van der Waals surface area contributed by atoms with E-state index in [1.54, 1.807) is 12.1 Å². The van der Waals surface area contributed by atoms with E-state index in [9.17, 15) is 10.1 Å². The average molecular weight is 287 g/mol. The lowest BCUT2D eigenvalue weighted by atomic mass is 10.0. The molecule has 2 N–H and O–H groups in total. The van der Waals surface area contributed by atoms with Crippen LogP contribution in [0.15, 0.2) is 18.2 Å². The zero-order chi connectivity index (χ0) is 14.4. The number of nitro benzene ring substituents is 1. The lowest BCUT2D eigenvalue weighted by molar-refractivity contribution is -0.385. The maximum Gasteiger partial charge on any atom is 0.275 e. The van der Waals surface area contributed by atoms with E-state index in [2.05, 4.69) is 5.32 Å². The molecule has 1 aromatic carbocycles. The molecule has 0 fully saturated rings. The molecule has 0 aromatic heterocycles. The van der Waals surface area contributed by atoms with Crippen molar-refractivity contribution in [3.05, 3.63) is 38.9 Å². The van der Waals surface area contributed by atoms with E-state index in [-0.39, 0.29) is 18.3 Å². The average Bonchev–Trinajstić information content (AvgIpc) is 2.35. The first-order chi connectivity index (χ1) is 8.95. The molecule has 0 aliphatic carbocycles. The maximum absolute atomic E-state index is 11.0. The number of nitrogens with zero attached hydrogens (tertiary/aromatic N) is 1. The molecule has 0 aliphatic rings. The van der Waals surface area contributed by atoms with Crippen LogP contribution in [-0.2, 0) is 6.54 Å². The molecule has 0 saturated carbocycles. The van der Waals surface area contributed by atoms with Crippen molar-refractivity contribution < 1.29 is 10.0 Å². The minimum absolute atomic E-state index is 0.0199. The molecule has 1 rings (SSSR count). The normalized spacial score (nSPS) is 12.7. The van der Waals surface area contributed by atoms with Crippen LogP contribution in [0.5, 0.6) is 0 Å². The predicted molar refractivity (Wildman–Crippen MR) is 75.3 cm³/mol. The Morgan fingerprint density at radius 1 is 1.47 bits per heavy atom. The number of halogens is 1. The van der Waals surface area contributed by atoms with Crippen molar-refractivity contribution in [2.24, 2.45) is 5.92 Å². The van der Waals surface area contributed by atoms with Crippen LogP contribution >= 0.6 is 11.6 Å². The third-order valence-electron chi connectivity index (χ3n) is 3.04. The van der Waals surface area contributed by atoms with Gasteiger partial charge in [0.15, 0.2) is 0 Å². The molecular formula is C13H19ClN2O3. The van der Waals surface area contributed by atoms with Crippen LogP contribution in [0.4, 0.5) is 5.69 Å². The SMILES string of the molecule is CC(C)C(CCO)NCc1ccc(Cl)cc1[N+](=O)[O-]. The summed E-state index contributed by atoms with van der Waals surface area (Å²) >= 11 is 5.77. The third-order valence-corrected chi connectivity index (χ3v) is 3.28. The first kappa shape index (κ1) is 15.9. The fraction of sp³-hybridized carbons (Fsp3) is 0.538. The third kappa shape index (κ3) is 4.78. The quantitative estimate of drug-likeness (QED) is 0.597. The van der Waals surface area contributed by atoms with Crippen molar-refractivity contribution in [2.45, 2.75) is 32.9 Å². The van der Waals surface area contributed by atoms with Crippen LogP contribution in [0.2, 0.25) is 5.02 Å². The van der Waals surface area contributed by atoms with Gasteiger partial charge in [0.05, 0.1) is 4.92 Å². The molecule has 0 bridgehead atoms. The van der Waals surface area contributed by atoms with Gasteiger partial charge in [0.2, 0.25) is 0 Å². The van der Waals surface area contributed by atoms with Crippen molar-refractivity contribution >= 4 is 17.3 Å². The highest BCUT2D eigenvalue weighted by Gasteiger charge is 2.17. The molecule has 106 valence electrons. The van der Waals surface area contributed by atoms with Gasteiger partial charge in [-0.3, -0.25) is 10.1 Å². The van der Waals surface area contributed by atoms with Crippen molar-refractivity contribution in [1.29, 1.82) is 0 Å². The Morgan fingerprint density at radius 2 is 2.16 bits per heavy atom. The molecule has 1 atom stereocenters. The Bertz CT molecular complexity index is 438. The van der Waals surface area contributed by atoms with E-state index in [4.69, 9.17) is 16.7 Å². The van der Waals surface area contributed by atoms with Gasteiger partial charge in [-0.05, 0) is 24.5 Å². The molecule has 19 heavy (non-hydrogen) atoms. The smallest absolute Gasteiger partial charge is 0.275 e. The van der Waals surface area contributed by atoms with E-state index in [0.717, 1.165) is 0 Å². The predicted octanol–water partition coefficient (Wildman–Crippen LogP) is 2.74. The lowest BCUT2D eigenvalue weighted by Gasteiger charge is -2.21. The number of aliphatic hydroxyl groups excluding tert-OH is 1. The molecule has 1 aromatic rings. The molecule has 0 heterocycles. The van der Waals surface area contributed by atoms with Gasteiger partial charge < -0.3 is 10.4 Å². The number of nitro groups is 1. The Balaban J connectivity index is 2.79. The first-order valence-corrected chi connectivity index (χ1v) is 6.60. The van der Waals surface area contributed by atoms with Crippen molar-refractivity contribution in [3.63, 3.8) is 0 Å². The fourth-order valence-electron chi connectivity index (χ4n) is 1.91. The van der Waals surface area contributed by atoms with Crippen LogP contribution in [0.25, 0.3) is 0 Å². The Kier molecular flexibility index (Phi) is 6.21. The number of hydrogen-bond donors (Lipinski definition) is 2. The minimum atomic E-state index is -0.431. The highest BCUT2D eigenvalue weighted by atomic mass is 35.5. The van der Waals surface area contributed by atoms with Crippen molar-refractivity contribution in [1.82, 2.24) is 5.32 Å². The van der Waals surface area contributed by atoms with E-state index >= 15 is 0 Å². The molecule has 0 radical (unpaired) electrons. The molecule has 0 aliphatic heterocycles. The summed E-state index contributed by atoms with van der Waals surface area (Å²) in [4.78, 5) is 10.5. The summed E-state index contributed by atoms with van der Waals surface area (Å²) in [6, 6.07) is 4.78. The van der Waals surface area contributed by atoms with Gasteiger partial charge in [-0.2, -0.15) is 0 Å². The van der Waals surface area contributed by atoms with Crippen LogP contribution in [0.1, 0.15) is 25.8 Å². The van der Waals surface area contributed by atoms with E-state index in [1.165, 1.54) is 6.07 Å². The summed E-state index contributed by atoms with van der Waals surface area (Å²) in [6.07, 6.45) is 0.624. The molecular weight excluding hydrogens is 268 g/mol. The maximum atomic E-state index is 11.0. The van der Waals surface area contributed by atoms with Gasteiger partial charge in [-0.15, -0.1) is 0 Å². The molecule has 0 amide bonds. The topological polar surface area (TPSA) is 75.4 Å². The second-order valence-electron chi connectivity index (χ2n) is 4.77. The molecule has 0 spiro atoms. The summed E-state index contributed by atoms with van der Waals surface area (Å²) in [5.74, 6) is 0.346.